The van der Waals surface area contributed by atoms with Crippen molar-refractivity contribution in [3.8, 4) is 0 Å². The molecule has 0 aromatic heterocycles. The van der Waals surface area contributed by atoms with E-state index in [1.807, 2.05) is 6.92 Å². The van der Waals surface area contributed by atoms with Crippen molar-refractivity contribution in [2.24, 2.45) is 0 Å². The molecule has 0 amide bonds. The summed E-state index contributed by atoms with van der Waals surface area (Å²) in [7, 11) is 0. The molecule has 1 aromatic carbocycles. The average molecular weight is 149 g/mol. The second-order valence-corrected chi connectivity index (χ2v) is 2.24. The first-order valence-electron chi connectivity index (χ1n) is 3.43. The van der Waals surface area contributed by atoms with Crippen molar-refractivity contribution in [1.82, 2.24) is 0 Å². The van der Waals surface area contributed by atoms with Crippen molar-refractivity contribution in [1.29, 1.82) is 0 Å². The highest BCUT2D eigenvalue weighted by molar-refractivity contribution is 5.52. The van der Waals surface area contributed by atoms with Gasteiger partial charge in [0, 0.05) is 0 Å². The number of aryl methyl sites for hydroxylation is 1. The van der Waals surface area contributed by atoms with Gasteiger partial charge < -0.3 is 0 Å². The molecule has 0 radical (unpaired) electrons. The van der Waals surface area contributed by atoms with Crippen LogP contribution in [-0.2, 0) is 6.42 Å². The van der Waals surface area contributed by atoms with Crippen molar-refractivity contribution in [3.63, 3.8) is 0 Å². The minimum Gasteiger partial charge on any atom is -0.238 e. The average Bonchev–Trinajstić information content (AvgIpc) is 2.04. The van der Waals surface area contributed by atoms with E-state index in [1.54, 1.807) is 0 Å². The molecule has 11 heavy (non-hydrogen) atoms. The van der Waals surface area contributed by atoms with E-state index in [-0.39, 0.29) is 5.82 Å². The third-order valence-corrected chi connectivity index (χ3v) is 1.54. The number of hydrogen-bond acceptors (Lipinski definition) is 0. The normalized spacial score (nSPS) is 9.18. The smallest absolute Gasteiger partial charge is 0.190 e. The minimum atomic E-state index is -0.269. The molecule has 1 nitrogen and oxygen atoms in total. The molecule has 0 saturated heterocycles. The molecule has 1 rings (SSSR count). The number of rotatable bonds is 1. The predicted molar refractivity (Wildman–Crippen MR) is 42.0 cm³/mol. The highest BCUT2D eigenvalue weighted by Crippen LogP contribution is 2.20. The van der Waals surface area contributed by atoms with Crippen LogP contribution in [0.2, 0.25) is 0 Å². The number of nitrogens with zero attached hydrogens (tertiary/aromatic N) is 1. The first kappa shape index (κ1) is 7.74. The lowest BCUT2D eigenvalue weighted by atomic mass is 10.1. The second kappa shape index (κ2) is 3.16. The lowest BCUT2D eigenvalue weighted by molar-refractivity contribution is 0.626. The van der Waals surface area contributed by atoms with Gasteiger partial charge in [0.15, 0.2) is 5.69 Å². The molecule has 0 atom stereocenters. The first-order chi connectivity index (χ1) is 5.27. The quantitative estimate of drug-likeness (QED) is 0.541. The fraction of sp³-hybridized carbons (Fsp3) is 0.222. The topological polar surface area (TPSA) is 4.36 Å². The fourth-order valence-electron chi connectivity index (χ4n) is 0.946. The van der Waals surface area contributed by atoms with E-state index in [1.165, 1.54) is 18.2 Å². The summed E-state index contributed by atoms with van der Waals surface area (Å²) < 4.78 is 12.6. The fourth-order valence-corrected chi connectivity index (χ4v) is 0.946. The summed E-state index contributed by atoms with van der Waals surface area (Å²) in [5, 5.41) is 0. The summed E-state index contributed by atoms with van der Waals surface area (Å²) in [5.41, 5.74) is 1.33. The van der Waals surface area contributed by atoms with Gasteiger partial charge in [0.2, 0.25) is 0 Å². The Morgan fingerprint density at radius 1 is 1.55 bits per heavy atom. The Hall–Kier alpha value is -1.36. The lowest BCUT2D eigenvalue weighted by Gasteiger charge is -1.98. The maximum Gasteiger partial charge on any atom is 0.190 e. The molecule has 2 heteroatoms. The standard InChI is InChI=1S/C9H8FN/c1-3-7-6-8(10)4-5-9(7)11-2/h4-6H,3H2,1H3. The summed E-state index contributed by atoms with van der Waals surface area (Å²) in [4.78, 5) is 3.27. The first-order valence-corrected chi connectivity index (χ1v) is 3.43. The third-order valence-electron chi connectivity index (χ3n) is 1.54. The third kappa shape index (κ3) is 1.56. The Balaban J connectivity index is 3.19. The van der Waals surface area contributed by atoms with Gasteiger partial charge in [-0.15, -0.1) is 0 Å². The largest absolute Gasteiger partial charge is 0.238 e. The zero-order valence-corrected chi connectivity index (χ0v) is 6.26. The summed E-state index contributed by atoms with van der Waals surface area (Å²) in [6.07, 6.45) is 0.704. The van der Waals surface area contributed by atoms with Gasteiger partial charge in [-0.3, -0.25) is 0 Å². The predicted octanol–water partition coefficient (Wildman–Crippen LogP) is 2.94. The van der Waals surface area contributed by atoms with Crippen LogP contribution in [0.5, 0.6) is 0 Å². The van der Waals surface area contributed by atoms with E-state index in [0.717, 1.165) is 5.56 Å². The lowest BCUT2D eigenvalue weighted by Crippen LogP contribution is -1.81. The van der Waals surface area contributed by atoms with Crippen molar-refractivity contribution in [3.05, 3.63) is 41.0 Å². The molecule has 56 valence electrons. The number of benzene rings is 1. The molecule has 0 aliphatic rings. The van der Waals surface area contributed by atoms with Crippen LogP contribution < -0.4 is 0 Å². The molecule has 0 bridgehead atoms. The Labute approximate surface area is 65.3 Å². The van der Waals surface area contributed by atoms with Crippen LogP contribution in [-0.4, -0.2) is 0 Å². The maximum atomic E-state index is 12.6. The summed E-state index contributed by atoms with van der Waals surface area (Å²) in [6.45, 7) is 8.67. The van der Waals surface area contributed by atoms with E-state index in [9.17, 15) is 4.39 Å². The van der Waals surface area contributed by atoms with Gasteiger partial charge in [-0.2, -0.15) is 0 Å². The summed E-state index contributed by atoms with van der Waals surface area (Å²) in [6, 6.07) is 4.24. The zero-order valence-electron chi connectivity index (χ0n) is 6.26. The Morgan fingerprint density at radius 2 is 2.27 bits per heavy atom. The molecule has 0 N–H and O–H groups in total. The molecule has 0 heterocycles. The van der Waals surface area contributed by atoms with Crippen molar-refractivity contribution in [2.45, 2.75) is 13.3 Å². The summed E-state index contributed by atoms with van der Waals surface area (Å²) >= 11 is 0. The molecule has 0 aliphatic heterocycles. The van der Waals surface area contributed by atoms with Crippen LogP contribution in [0.3, 0.4) is 0 Å². The van der Waals surface area contributed by atoms with Gasteiger partial charge in [-0.05, 0) is 24.1 Å². The van der Waals surface area contributed by atoms with Gasteiger partial charge in [-0.1, -0.05) is 13.0 Å². The minimum absolute atomic E-state index is 0.269. The second-order valence-electron chi connectivity index (χ2n) is 2.24. The van der Waals surface area contributed by atoms with Gasteiger partial charge in [-0.25, -0.2) is 9.24 Å². The molecular formula is C9H8FN. The highest BCUT2D eigenvalue weighted by atomic mass is 19.1. The highest BCUT2D eigenvalue weighted by Gasteiger charge is 2.00. The number of hydrogen-bond donors (Lipinski definition) is 0. The van der Waals surface area contributed by atoms with Crippen molar-refractivity contribution in [2.75, 3.05) is 0 Å². The van der Waals surface area contributed by atoms with Gasteiger partial charge in [0.1, 0.15) is 5.82 Å². The van der Waals surface area contributed by atoms with Gasteiger partial charge in [0.25, 0.3) is 0 Å². The zero-order chi connectivity index (χ0) is 8.27. The van der Waals surface area contributed by atoms with E-state index >= 15 is 0 Å². The molecular weight excluding hydrogens is 141 g/mol. The van der Waals surface area contributed by atoms with Crippen molar-refractivity contribution < 1.29 is 4.39 Å². The molecule has 0 unspecified atom stereocenters. The SMILES string of the molecule is [C-]#[N+]c1ccc(F)cc1CC. The molecule has 1 aromatic rings. The Bertz CT molecular complexity index is 299. The van der Waals surface area contributed by atoms with E-state index in [4.69, 9.17) is 6.57 Å². The maximum absolute atomic E-state index is 12.6. The molecule has 0 spiro atoms. The van der Waals surface area contributed by atoms with Crippen molar-refractivity contribution >= 4 is 5.69 Å². The molecule has 0 saturated carbocycles. The molecule has 0 aliphatic carbocycles. The van der Waals surface area contributed by atoms with Gasteiger partial charge >= 0.3 is 0 Å². The monoisotopic (exact) mass is 149 g/mol. The van der Waals surface area contributed by atoms with E-state index < -0.39 is 0 Å². The van der Waals surface area contributed by atoms with E-state index in [0.29, 0.717) is 12.1 Å². The van der Waals surface area contributed by atoms with Crippen LogP contribution in [0, 0.1) is 12.4 Å². The number of halogens is 1. The Morgan fingerprint density at radius 3 is 2.82 bits per heavy atom. The van der Waals surface area contributed by atoms with Gasteiger partial charge in [0.05, 0.1) is 6.57 Å². The van der Waals surface area contributed by atoms with Crippen LogP contribution in [0.15, 0.2) is 18.2 Å². The van der Waals surface area contributed by atoms with Crippen LogP contribution >= 0.6 is 0 Å². The summed E-state index contributed by atoms with van der Waals surface area (Å²) in [5.74, 6) is -0.269. The van der Waals surface area contributed by atoms with Crippen LogP contribution in [0.1, 0.15) is 12.5 Å². The van der Waals surface area contributed by atoms with Crippen LogP contribution in [0.4, 0.5) is 10.1 Å². The van der Waals surface area contributed by atoms with E-state index in [2.05, 4.69) is 4.85 Å². The van der Waals surface area contributed by atoms with Crippen LogP contribution in [0.25, 0.3) is 4.85 Å². The molecule has 0 fully saturated rings. The Kier molecular flexibility index (Phi) is 2.22.